The summed E-state index contributed by atoms with van der Waals surface area (Å²) in [4.78, 5) is 13.1. The van der Waals surface area contributed by atoms with Crippen LogP contribution in [0.3, 0.4) is 0 Å². The van der Waals surface area contributed by atoms with Crippen LogP contribution in [0.1, 0.15) is 49.9 Å². The summed E-state index contributed by atoms with van der Waals surface area (Å²) < 4.78 is 25.6. The first-order valence-electron chi connectivity index (χ1n) is 9.50. The Kier molecular flexibility index (Phi) is 5.54. The highest BCUT2D eigenvalue weighted by atomic mass is 32.2. The van der Waals surface area contributed by atoms with Crippen molar-refractivity contribution in [3.05, 3.63) is 65.2 Å². The largest absolute Gasteiger partial charge is 0.284 e. The Morgan fingerprint density at radius 2 is 1.79 bits per heavy atom. The summed E-state index contributed by atoms with van der Waals surface area (Å²) >= 11 is 0. The first-order chi connectivity index (χ1) is 13.4. The van der Waals surface area contributed by atoms with Crippen molar-refractivity contribution in [3.63, 3.8) is 0 Å². The van der Waals surface area contributed by atoms with Crippen molar-refractivity contribution in [1.29, 1.82) is 0 Å². The van der Waals surface area contributed by atoms with Gasteiger partial charge >= 0.3 is 0 Å². The van der Waals surface area contributed by atoms with Crippen molar-refractivity contribution in [1.82, 2.24) is 5.01 Å². The standard InChI is InChI=1S/C22H27N3O3S/c1-15-9-11-16(12-10-15)20-14-19(23-25(20)21(26)22(2,3)4)17-7-6-8-18(13-17)24-29(5,27)28/h6-13,20,24H,14H2,1-5H3. The predicted octanol–water partition coefficient (Wildman–Crippen LogP) is 4.09. The molecule has 1 amide bonds. The van der Waals surface area contributed by atoms with E-state index in [1.807, 2.05) is 58.0 Å². The molecule has 0 aromatic heterocycles. The molecular weight excluding hydrogens is 386 g/mol. The van der Waals surface area contributed by atoms with E-state index >= 15 is 0 Å². The molecule has 0 fully saturated rings. The van der Waals surface area contributed by atoms with Crippen molar-refractivity contribution in [3.8, 4) is 0 Å². The molecule has 1 unspecified atom stereocenters. The molecule has 0 radical (unpaired) electrons. The summed E-state index contributed by atoms with van der Waals surface area (Å²) in [5.41, 5.74) is 3.63. The van der Waals surface area contributed by atoms with Gasteiger partial charge in [0.1, 0.15) is 0 Å². The Labute approximate surface area is 172 Å². The van der Waals surface area contributed by atoms with Gasteiger partial charge in [-0.05, 0) is 30.2 Å². The van der Waals surface area contributed by atoms with Gasteiger partial charge in [-0.3, -0.25) is 9.52 Å². The minimum absolute atomic E-state index is 0.0523. The number of rotatable bonds is 4. The van der Waals surface area contributed by atoms with Gasteiger partial charge in [0.25, 0.3) is 0 Å². The second-order valence-electron chi connectivity index (χ2n) is 8.53. The number of hydrogen-bond donors (Lipinski definition) is 1. The van der Waals surface area contributed by atoms with E-state index in [2.05, 4.69) is 9.82 Å². The molecule has 29 heavy (non-hydrogen) atoms. The van der Waals surface area contributed by atoms with Gasteiger partial charge < -0.3 is 0 Å². The first-order valence-corrected chi connectivity index (χ1v) is 11.4. The normalized spacial score (nSPS) is 17.2. The molecule has 154 valence electrons. The number of anilines is 1. The number of benzene rings is 2. The molecule has 6 nitrogen and oxygen atoms in total. The molecule has 0 saturated carbocycles. The molecule has 7 heteroatoms. The fourth-order valence-corrected chi connectivity index (χ4v) is 3.80. The number of hydrazone groups is 1. The van der Waals surface area contributed by atoms with Gasteiger partial charge in [-0.2, -0.15) is 5.10 Å². The van der Waals surface area contributed by atoms with Crippen LogP contribution in [-0.2, 0) is 14.8 Å². The molecule has 0 spiro atoms. The second-order valence-corrected chi connectivity index (χ2v) is 10.3. The van der Waals surface area contributed by atoms with E-state index in [1.165, 1.54) is 0 Å². The summed E-state index contributed by atoms with van der Waals surface area (Å²) in [6, 6.07) is 15.0. The zero-order valence-electron chi connectivity index (χ0n) is 17.4. The monoisotopic (exact) mass is 413 g/mol. The molecule has 1 aliphatic rings. The molecular formula is C22H27N3O3S. The third-order valence-corrected chi connectivity index (χ3v) is 5.33. The molecule has 0 aliphatic carbocycles. The highest BCUT2D eigenvalue weighted by molar-refractivity contribution is 7.92. The van der Waals surface area contributed by atoms with Crippen molar-refractivity contribution >= 4 is 27.3 Å². The SMILES string of the molecule is Cc1ccc(C2CC(c3cccc(NS(C)(=O)=O)c3)=NN2C(=O)C(C)(C)C)cc1. The van der Waals surface area contributed by atoms with Crippen LogP contribution in [0.15, 0.2) is 53.6 Å². The molecule has 2 aromatic rings. The van der Waals surface area contributed by atoms with Gasteiger partial charge in [0, 0.05) is 17.5 Å². The lowest BCUT2D eigenvalue weighted by molar-refractivity contribution is -0.141. The average molecular weight is 414 g/mol. The average Bonchev–Trinajstić information content (AvgIpc) is 3.05. The number of amides is 1. The third-order valence-electron chi connectivity index (χ3n) is 4.72. The number of nitrogens with one attached hydrogen (secondary N) is 1. The zero-order valence-corrected chi connectivity index (χ0v) is 18.2. The van der Waals surface area contributed by atoms with Crippen LogP contribution < -0.4 is 4.72 Å². The van der Waals surface area contributed by atoms with Gasteiger partial charge in [0.15, 0.2) is 0 Å². The fraction of sp³-hybridized carbons (Fsp3) is 0.364. The van der Waals surface area contributed by atoms with E-state index < -0.39 is 15.4 Å². The summed E-state index contributed by atoms with van der Waals surface area (Å²) in [5, 5.41) is 6.25. The van der Waals surface area contributed by atoms with E-state index in [9.17, 15) is 13.2 Å². The Bertz CT molecular complexity index is 1050. The molecule has 3 rings (SSSR count). The number of carbonyl (C=O) groups excluding carboxylic acids is 1. The Morgan fingerprint density at radius 3 is 2.38 bits per heavy atom. The fourth-order valence-electron chi connectivity index (χ4n) is 3.24. The van der Waals surface area contributed by atoms with E-state index in [0.717, 1.165) is 28.7 Å². The number of sulfonamides is 1. The van der Waals surface area contributed by atoms with Crippen LogP contribution in [-0.4, -0.2) is 31.3 Å². The van der Waals surface area contributed by atoms with Crippen LogP contribution in [0.4, 0.5) is 5.69 Å². The highest BCUT2D eigenvalue weighted by Crippen LogP contribution is 2.36. The lowest BCUT2D eigenvalue weighted by Crippen LogP contribution is -2.36. The van der Waals surface area contributed by atoms with Crippen LogP contribution in [0.2, 0.25) is 0 Å². The van der Waals surface area contributed by atoms with Gasteiger partial charge in [-0.15, -0.1) is 0 Å². The van der Waals surface area contributed by atoms with E-state index in [0.29, 0.717) is 12.1 Å². The van der Waals surface area contributed by atoms with E-state index in [4.69, 9.17) is 0 Å². The van der Waals surface area contributed by atoms with Gasteiger partial charge in [0.2, 0.25) is 15.9 Å². The number of hydrogen-bond acceptors (Lipinski definition) is 4. The first kappa shape index (κ1) is 21.0. The Morgan fingerprint density at radius 1 is 1.14 bits per heavy atom. The van der Waals surface area contributed by atoms with Crippen molar-refractivity contribution in [2.24, 2.45) is 10.5 Å². The van der Waals surface area contributed by atoms with Gasteiger partial charge in [-0.25, -0.2) is 13.4 Å². The maximum atomic E-state index is 13.1. The van der Waals surface area contributed by atoms with Crippen LogP contribution in [0.25, 0.3) is 0 Å². The van der Waals surface area contributed by atoms with E-state index in [-0.39, 0.29) is 11.9 Å². The van der Waals surface area contributed by atoms with Gasteiger partial charge in [0.05, 0.1) is 18.0 Å². The van der Waals surface area contributed by atoms with Crippen molar-refractivity contribution in [2.45, 2.75) is 40.2 Å². The predicted molar refractivity (Wildman–Crippen MR) is 116 cm³/mol. The molecule has 1 N–H and O–H groups in total. The number of nitrogens with zero attached hydrogens (tertiary/aromatic N) is 2. The quantitative estimate of drug-likeness (QED) is 0.820. The summed E-state index contributed by atoms with van der Waals surface area (Å²) in [5.74, 6) is -0.0523. The topological polar surface area (TPSA) is 78.8 Å². The Balaban J connectivity index is 1.99. The number of aryl methyl sites for hydroxylation is 1. The van der Waals surface area contributed by atoms with Crippen LogP contribution in [0.5, 0.6) is 0 Å². The number of carbonyl (C=O) groups is 1. The highest BCUT2D eigenvalue weighted by Gasteiger charge is 2.37. The molecule has 1 aliphatic heterocycles. The minimum atomic E-state index is -3.37. The molecule has 0 saturated heterocycles. The van der Waals surface area contributed by atoms with E-state index in [1.54, 1.807) is 23.2 Å². The lowest BCUT2D eigenvalue weighted by atomic mass is 9.92. The molecule has 0 bridgehead atoms. The lowest BCUT2D eigenvalue weighted by Gasteiger charge is -2.28. The van der Waals surface area contributed by atoms with Crippen molar-refractivity contribution < 1.29 is 13.2 Å². The maximum absolute atomic E-state index is 13.1. The summed E-state index contributed by atoms with van der Waals surface area (Å²) in [6.07, 6.45) is 1.68. The Hall–Kier alpha value is -2.67. The summed E-state index contributed by atoms with van der Waals surface area (Å²) in [7, 11) is -3.37. The smallest absolute Gasteiger partial charge is 0.248 e. The molecule has 2 aromatic carbocycles. The van der Waals surface area contributed by atoms with Crippen molar-refractivity contribution in [2.75, 3.05) is 11.0 Å². The second kappa shape index (κ2) is 7.63. The van der Waals surface area contributed by atoms with Crippen LogP contribution >= 0.6 is 0 Å². The maximum Gasteiger partial charge on any atom is 0.248 e. The zero-order chi connectivity index (χ0) is 21.4. The molecule has 1 heterocycles. The summed E-state index contributed by atoms with van der Waals surface area (Å²) in [6.45, 7) is 7.67. The van der Waals surface area contributed by atoms with Crippen LogP contribution in [0, 0.1) is 12.3 Å². The minimum Gasteiger partial charge on any atom is -0.284 e. The van der Waals surface area contributed by atoms with Gasteiger partial charge in [-0.1, -0.05) is 62.7 Å². The third kappa shape index (κ3) is 5.03. The molecule has 1 atom stereocenters.